The second kappa shape index (κ2) is 21.6. The number of carbonyl (C=O) groups excluding carboxylic acids is 6. The summed E-state index contributed by atoms with van der Waals surface area (Å²) in [6.07, 6.45) is 12.8. The number of nitrogens with zero attached hydrogens (tertiary/aromatic N) is 8. The molecule has 364 valence electrons. The smallest absolute Gasteiger partial charge is 0.272 e. The topological polar surface area (TPSA) is 290 Å². The number of rotatable bonds is 16. The summed E-state index contributed by atoms with van der Waals surface area (Å²) in [6, 6.07) is 28.7. The molecule has 20 nitrogen and oxygen atoms in total. The van der Waals surface area contributed by atoms with E-state index in [1.807, 2.05) is 54.6 Å². The summed E-state index contributed by atoms with van der Waals surface area (Å²) in [5.74, 6) is -1.57. The van der Waals surface area contributed by atoms with Crippen LogP contribution in [0.5, 0.6) is 0 Å². The lowest BCUT2D eigenvalue weighted by Crippen LogP contribution is -2.33. The summed E-state index contributed by atoms with van der Waals surface area (Å²) in [4.78, 5) is 83.5. The van der Waals surface area contributed by atoms with Crippen LogP contribution in [0.15, 0.2) is 122 Å². The van der Waals surface area contributed by atoms with Gasteiger partial charge < -0.3 is 32.7 Å². The fourth-order valence-electron chi connectivity index (χ4n) is 8.57. The minimum absolute atomic E-state index is 0.0827. The summed E-state index contributed by atoms with van der Waals surface area (Å²) in [5, 5.41) is 30.2. The molecule has 2 fully saturated rings. The molecular formula is C52H50N14O6. The molecule has 10 rings (SSSR count). The lowest BCUT2D eigenvalue weighted by Gasteiger charge is -2.25. The van der Waals surface area contributed by atoms with E-state index in [-0.39, 0.29) is 52.9 Å². The van der Waals surface area contributed by atoms with Crippen LogP contribution < -0.4 is 32.7 Å². The van der Waals surface area contributed by atoms with Gasteiger partial charge in [0.2, 0.25) is 0 Å². The average molecular weight is 967 g/mol. The molecule has 2 saturated carbocycles. The fraction of sp³-hybridized carbons (Fsp3) is 0.231. The Kier molecular flexibility index (Phi) is 14.4. The number of pyridine rings is 2. The highest BCUT2D eigenvalue weighted by atomic mass is 16.2. The van der Waals surface area contributed by atoms with Crippen LogP contribution in [0.4, 0.5) is 11.4 Å². The van der Waals surface area contributed by atoms with E-state index in [0.717, 1.165) is 53.0 Å². The normalized spacial score (nSPS) is 13.2. The molecule has 20 heteroatoms. The highest BCUT2D eigenvalue weighted by Crippen LogP contribution is 2.29. The van der Waals surface area contributed by atoms with E-state index in [4.69, 9.17) is 11.5 Å². The zero-order chi connectivity index (χ0) is 50.1. The second-order valence-electron chi connectivity index (χ2n) is 17.7. The Hall–Kier alpha value is -9.20. The van der Waals surface area contributed by atoms with E-state index >= 15 is 0 Å². The van der Waals surface area contributed by atoms with Crippen LogP contribution in [-0.4, -0.2) is 88.5 Å². The number of nitrogens with two attached hydrogens (primary N) is 2. The highest BCUT2D eigenvalue weighted by molar-refractivity contribution is 6.16. The first-order chi connectivity index (χ1) is 35.0. The predicted molar refractivity (Wildman–Crippen MR) is 267 cm³/mol. The Labute approximate surface area is 412 Å². The first kappa shape index (κ1) is 47.8. The third kappa shape index (κ3) is 10.8. The maximum absolute atomic E-state index is 13.3. The van der Waals surface area contributed by atoms with Crippen molar-refractivity contribution in [3.8, 4) is 0 Å². The van der Waals surface area contributed by atoms with Crippen molar-refractivity contribution in [1.82, 2.24) is 50.6 Å². The van der Waals surface area contributed by atoms with Gasteiger partial charge in [-0.3, -0.25) is 28.8 Å². The molecule has 6 amide bonds. The molecule has 8 aromatic rings. The number of primary amides is 2. The van der Waals surface area contributed by atoms with Crippen LogP contribution in [0.2, 0.25) is 0 Å². The van der Waals surface area contributed by atoms with Crippen LogP contribution in [-0.2, 0) is 13.1 Å². The van der Waals surface area contributed by atoms with Crippen molar-refractivity contribution in [2.24, 2.45) is 23.3 Å². The van der Waals surface area contributed by atoms with Crippen molar-refractivity contribution in [3.63, 3.8) is 0 Å². The molecule has 2 aliphatic rings. The molecule has 0 unspecified atom stereocenters. The molecule has 0 spiro atoms. The number of amides is 6. The highest BCUT2D eigenvalue weighted by Gasteiger charge is 2.24. The molecule has 0 bridgehead atoms. The zero-order valence-corrected chi connectivity index (χ0v) is 39.0. The van der Waals surface area contributed by atoms with Crippen LogP contribution in [0.25, 0.3) is 21.5 Å². The van der Waals surface area contributed by atoms with Gasteiger partial charge in [-0.1, -0.05) is 83.9 Å². The van der Waals surface area contributed by atoms with Crippen molar-refractivity contribution < 1.29 is 28.8 Å². The maximum atomic E-state index is 13.3. The fourth-order valence-corrected chi connectivity index (χ4v) is 8.57. The molecule has 4 aromatic heterocycles. The van der Waals surface area contributed by atoms with Crippen LogP contribution in [0, 0.1) is 11.8 Å². The van der Waals surface area contributed by atoms with Crippen LogP contribution in [0.1, 0.15) is 112 Å². The molecule has 0 radical (unpaired) electrons. The first-order valence-corrected chi connectivity index (χ1v) is 23.5. The van der Waals surface area contributed by atoms with E-state index in [9.17, 15) is 28.8 Å². The van der Waals surface area contributed by atoms with Crippen LogP contribution in [0.3, 0.4) is 0 Å². The minimum atomic E-state index is -0.649. The Morgan fingerprint density at radius 2 is 1.06 bits per heavy atom. The minimum Gasteiger partial charge on any atom is -0.364 e. The third-order valence-electron chi connectivity index (χ3n) is 12.9. The van der Waals surface area contributed by atoms with Crippen molar-refractivity contribution >= 4 is 68.4 Å². The number of benzene rings is 4. The van der Waals surface area contributed by atoms with Crippen molar-refractivity contribution in [1.29, 1.82) is 0 Å². The Balaban J connectivity index is 0.000000178. The lowest BCUT2D eigenvalue weighted by atomic mass is 9.85. The van der Waals surface area contributed by atoms with E-state index in [1.54, 1.807) is 42.5 Å². The van der Waals surface area contributed by atoms with Gasteiger partial charge in [-0.2, -0.15) is 0 Å². The number of anilines is 2. The molecule has 8 N–H and O–H groups in total. The molecule has 0 atom stereocenters. The SMILES string of the molecule is NC(=O)c1cn(Cc2ccc(C(=O)Nc3cccnc3C(=O)NCC3CCC3)c3ccccc23)nn1.NC(=O)c1cnnn1Cc1ccc(C(=O)Nc2cccnc2C(=O)NCC2CCC2)c2ccccc12. The summed E-state index contributed by atoms with van der Waals surface area (Å²) in [7, 11) is 0. The van der Waals surface area contributed by atoms with Gasteiger partial charge in [0.1, 0.15) is 5.69 Å². The summed E-state index contributed by atoms with van der Waals surface area (Å²) in [5.41, 5.74) is 14.6. The van der Waals surface area contributed by atoms with Crippen molar-refractivity contribution in [2.45, 2.75) is 51.6 Å². The lowest BCUT2D eigenvalue weighted by molar-refractivity contribution is 0.0926. The summed E-state index contributed by atoms with van der Waals surface area (Å²) in [6.45, 7) is 1.82. The van der Waals surface area contributed by atoms with Gasteiger partial charge in [0.05, 0.1) is 36.9 Å². The quantitative estimate of drug-likeness (QED) is 0.0699. The molecule has 4 heterocycles. The van der Waals surface area contributed by atoms with Gasteiger partial charge in [-0.05, 0) is 107 Å². The maximum Gasteiger partial charge on any atom is 0.272 e. The Morgan fingerprint density at radius 1 is 0.556 bits per heavy atom. The number of fused-ring (bicyclic) bond motifs is 2. The zero-order valence-electron chi connectivity index (χ0n) is 39.0. The van der Waals surface area contributed by atoms with Gasteiger partial charge in [-0.15, -0.1) is 10.2 Å². The standard InChI is InChI=1S/2C26H25N7O3/c27-24(34)22-14-30-32-33(22)15-17-10-11-20(19-8-2-1-7-18(17)19)25(35)31-21-9-4-12-28-23(21)26(36)29-13-16-5-3-6-16;27-24(34)22-15-33(32-31-22)14-17-10-11-20(19-8-2-1-7-18(17)19)25(35)30-21-9-4-12-28-23(21)26(36)29-13-16-5-3-6-16/h1-2,4,7-12,14,16H,3,5-6,13,15H2,(H2,27,34)(H,29,36)(H,31,35);1-2,4,7-12,15-16H,3,5-6,13-14H2,(H2,27,34)(H,29,36)(H,30,35). The second-order valence-corrected chi connectivity index (χ2v) is 17.7. The number of nitrogens with one attached hydrogen (secondary N) is 4. The Bertz CT molecular complexity index is 3360. The number of hydrogen-bond donors (Lipinski definition) is 6. The number of aromatic nitrogens is 8. The van der Waals surface area contributed by atoms with Crippen LogP contribution >= 0.6 is 0 Å². The first-order valence-electron chi connectivity index (χ1n) is 23.5. The van der Waals surface area contributed by atoms with Gasteiger partial charge in [0, 0.05) is 36.6 Å². The average Bonchev–Trinajstić information content (AvgIpc) is 4.04. The molecular weight excluding hydrogens is 917 g/mol. The van der Waals surface area contributed by atoms with Gasteiger partial charge in [0.15, 0.2) is 17.1 Å². The van der Waals surface area contributed by atoms with Crippen molar-refractivity contribution in [3.05, 3.63) is 167 Å². The van der Waals surface area contributed by atoms with E-state index in [2.05, 4.69) is 51.9 Å². The third-order valence-corrected chi connectivity index (χ3v) is 12.9. The molecule has 72 heavy (non-hydrogen) atoms. The van der Waals surface area contributed by atoms with Gasteiger partial charge in [-0.25, -0.2) is 19.3 Å². The van der Waals surface area contributed by atoms with E-state index < -0.39 is 11.8 Å². The molecule has 0 saturated heterocycles. The molecule has 2 aliphatic carbocycles. The van der Waals surface area contributed by atoms with Gasteiger partial charge >= 0.3 is 0 Å². The molecule has 0 aliphatic heterocycles. The Morgan fingerprint density at radius 3 is 1.51 bits per heavy atom. The number of hydrogen-bond acceptors (Lipinski definition) is 12. The van der Waals surface area contributed by atoms with Gasteiger partial charge in [0.25, 0.3) is 35.4 Å². The largest absolute Gasteiger partial charge is 0.364 e. The van der Waals surface area contributed by atoms with E-state index in [1.165, 1.54) is 47.0 Å². The summed E-state index contributed by atoms with van der Waals surface area (Å²) < 4.78 is 2.94. The molecule has 4 aromatic carbocycles. The monoisotopic (exact) mass is 966 g/mol. The summed E-state index contributed by atoms with van der Waals surface area (Å²) >= 11 is 0. The van der Waals surface area contributed by atoms with E-state index in [0.29, 0.717) is 59.4 Å². The number of carbonyl (C=O) groups is 6. The van der Waals surface area contributed by atoms with Crippen molar-refractivity contribution in [2.75, 3.05) is 23.7 Å². The predicted octanol–water partition coefficient (Wildman–Crippen LogP) is 5.51.